The lowest BCUT2D eigenvalue weighted by atomic mass is 9.53. The van der Waals surface area contributed by atoms with E-state index in [1.54, 1.807) is 0 Å². The number of hydrogen-bond acceptors (Lipinski definition) is 9. The first kappa shape index (κ1) is 34.1. The second-order valence-electron chi connectivity index (χ2n) is 12.7. The molecule has 5 rings (SSSR count). The molecule has 0 unspecified atom stereocenters. The van der Waals surface area contributed by atoms with Gasteiger partial charge in [0.2, 0.25) is 11.7 Å². The average Bonchev–Trinajstić information content (AvgIpc) is 3.27. The van der Waals surface area contributed by atoms with Crippen LogP contribution in [0.2, 0.25) is 0 Å². The Bertz CT molecular complexity index is 1390. The number of carboxylic acid groups (broad SMARTS) is 1. The van der Waals surface area contributed by atoms with Gasteiger partial charge < -0.3 is 52.2 Å². The van der Waals surface area contributed by atoms with Gasteiger partial charge in [0.05, 0.1) is 18.7 Å². The first-order valence-corrected chi connectivity index (χ1v) is 15.1. The number of ether oxygens (including phenoxy) is 1. The number of aryl methyl sites for hydroxylation is 1. The van der Waals surface area contributed by atoms with Crippen molar-refractivity contribution in [2.24, 2.45) is 33.7 Å². The summed E-state index contributed by atoms with van der Waals surface area (Å²) in [5, 5.41) is 60.7. The number of fused-ring (bicyclic) bond motifs is 5. The predicted molar refractivity (Wildman–Crippen MR) is 163 cm³/mol. The monoisotopic (exact) mass is 628 g/mol. The van der Waals surface area contributed by atoms with Gasteiger partial charge in [-0.2, -0.15) is 0 Å². The van der Waals surface area contributed by atoms with E-state index in [4.69, 9.17) is 32.8 Å². The largest absolute Gasteiger partial charge is 0.508 e. The number of nitrogens with zero attached hydrogens (tertiary/aromatic N) is 1. The number of nitrogens with one attached hydrogen (secondary N) is 1. The maximum absolute atomic E-state index is 11.4. The van der Waals surface area contributed by atoms with Gasteiger partial charge in [-0.05, 0) is 85.6 Å². The topological polar surface area (TPSA) is 241 Å². The van der Waals surface area contributed by atoms with Crippen LogP contribution < -0.4 is 16.8 Å². The molecule has 0 spiro atoms. The van der Waals surface area contributed by atoms with Gasteiger partial charge >= 0.3 is 5.97 Å². The summed E-state index contributed by atoms with van der Waals surface area (Å²) in [7, 11) is 0. The van der Waals surface area contributed by atoms with Crippen molar-refractivity contribution < 1.29 is 45.0 Å². The number of rotatable bonds is 6. The number of aliphatic carboxylic acids is 1. The van der Waals surface area contributed by atoms with Gasteiger partial charge in [0, 0.05) is 12.3 Å². The maximum Gasteiger partial charge on any atom is 0.370 e. The number of amides is 1. The molecule has 13 heteroatoms. The van der Waals surface area contributed by atoms with E-state index in [9.17, 15) is 30.0 Å². The number of carbonyl (C=O) groups is 2. The minimum Gasteiger partial charge on any atom is -0.508 e. The lowest BCUT2D eigenvalue weighted by Gasteiger charge is -2.52. The highest BCUT2D eigenvalue weighted by Crippen LogP contribution is 2.64. The minimum absolute atomic E-state index is 0.128. The van der Waals surface area contributed by atoms with E-state index in [0.717, 1.165) is 44.6 Å². The molecule has 2 fully saturated rings. The normalized spacial score (nSPS) is 34.4. The van der Waals surface area contributed by atoms with Gasteiger partial charge in [0.25, 0.3) is 0 Å². The van der Waals surface area contributed by atoms with Crippen LogP contribution in [0.1, 0.15) is 63.0 Å². The Morgan fingerprint density at radius 1 is 1.22 bits per heavy atom. The summed E-state index contributed by atoms with van der Waals surface area (Å²) in [4.78, 5) is 26.3. The third kappa shape index (κ3) is 6.60. The zero-order valence-electron chi connectivity index (χ0n) is 25.5. The number of guanidine groups is 1. The van der Waals surface area contributed by atoms with Crippen LogP contribution >= 0.6 is 0 Å². The molecular formula is C32H44N4O9. The van der Waals surface area contributed by atoms with Gasteiger partial charge in [0.1, 0.15) is 29.7 Å². The number of aliphatic hydroxyl groups excluding tert-OH is 3. The van der Waals surface area contributed by atoms with Gasteiger partial charge in [-0.15, -0.1) is 6.42 Å². The molecule has 1 aromatic carbocycles. The molecule has 2 saturated carbocycles. The van der Waals surface area contributed by atoms with Gasteiger partial charge in [-0.1, -0.05) is 18.9 Å². The van der Waals surface area contributed by atoms with E-state index in [0.29, 0.717) is 23.5 Å². The van der Waals surface area contributed by atoms with E-state index in [2.05, 4.69) is 29.2 Å². The summed E-state index contributed by atoms with van der Waals surface area (Å²) in [6.07, 6.45) is 8.12. The molecule has 0 aromatic heterocycles. The zero-order valence-corrected chi connectivity index (χ0v) is 25.5. The summed E-state index contributed by atoms with van der Waals surface area (Å²) in [6.45, 7) is 2.61. The van der Waals surface area contributed by atoms with Gasteiger partial charge in [-0.25, -0.2) is 9.79 Å². The minimum atomic E-state index is -1.70. The number of terminal acetylenes is 1. The average molecular weight is 629 g/mol. The van der Waals surface area contributed by atoms with Gasteiger partial charge in [0.15, 0.2) is 5.96 Å². The highest BCUT2D eigenvalue weighted by Gasteiger charge is 2.61. The Morgan fingerprint density at radius 3 is 2.53 bits per heavy atom. The number of phenols is 1. The van der Waals surface area contributed by atoms with Crippen molar-refractivity contribution in [2.75, 3.05) is 6.61 Å². The summed E-state index contributed by atoms with van der Waals surface area (Å²) < 4.78 is 5.13. The lowest BCUT2D eigenvalue weighted by molar-refractivity contribution is -0.145. The van der Waals surface area contributed by atoms with Crippen LogP contribution in [0.25, 0.3) is 0 Å². The standard InChI is InChI=1S/C20H24O2.C12H20N4O7/c1-3-20(22)11-9-18-17-6-4-13-12-14(21)5-7-15(13)16(17)8-10-19(18,20)2;1-4(18)15-8-5(16-12(13)14)2-7(11(21)22)23-10(8)9(20)6(19)3-17/h1,5,7,12,16-18,21-22H,4,6,8-11H2,2H3;2,5-6,8-10,17,19-20H,3H2,1H3,(H,15,18)(H,21,22)(H4,13,14,16)/t16-,17-,18+,19+,20+;5-,6+,8+,9+,10+/m10/s1. The van der Waals surface area contributed by atoms with E-state index >= 15 is 0 Å². The number of nitrogens with two attached hydrogens (primary N) is 2. The van der Waals surface area contributed by atoms with E-state index in [1.807, 2.05) is 12.1 Å². The van der Waals surface area contributed by atoms with Crippen LogP contribution in [-0.4, -0.2) is 91.1 Å². The van der Waals surface area contributed by atoms with Crippen molar-refractivity contribution in [1.29, 1.82) is 0 Å². The Morgan fingerprint density at radius 2 is 1.93 bits per heavy atom. The second-order valence-corrected chi connectivity index (χ2v) is 12.7. The van der Waals surface area contributed by atoms with Crippen molar-refractivity contribution in [3.63, 3.8) is 0 Å². The number of aromatic hydroxyl groups is 1. The van der Waals surface area contributed by atoms with Crippen LogP contribution in [0, 0.1) is 29.6 Å². The fraction of sp³-hybridized carbons (Fsp3) is 0.594. The molecule has 3 aliphatic carbocycles. The molecule has 10 atom stereocenters. The van der Waals surface area contributed by atoms with Gasteiger partial charge in [-0.3, -0.25) is 4.79 Å². The Kier molecular flexibility index (Phi) is 10.0. The second kappa shape index (κ2) is 13.3. The molecule has 0 bridgehead atoms. The number of phenolic OH excluding ortho intramolecular Hbond substituents is 1. The highest BCUT2D eigenvalue weighted by molar-refractivity contribution is 5.85. The Labute approximate surface area is 262 Å². The van der Waals surface area contributed by atoms with E-state index < -0.39 is 60.2 Å². The molecule has 1 aromatic rings. The van der Waals surface area contributed by atoms with Crippen LogP contribution in [-0.2, 0) is 20.7 Å². The first-order valence-electron chi connectivity index (χ1n) is 15.1. The molecule has 1 heterocycles. The maximum atomic E-state index is 11.4. The van der Waals surface area contributed by atoms with Crippen molar-refractivity contribution in [3.05, 3.63) is 41.2 Å². The van der Waals surface area contributed by atoms with E-state index in [-0.39, 0.29) is 11.4 Å². The Hall–Kier alpha value is -3.83. The van der Waals surface area contributed by atoms with Crippen LogP contribution in [0.5, 0.6) is 5.75 Å². The quantitative estimate of drug-likeness (QED) is 0.114. The summed E-state index contributed by atoms with van der Waals surface area (Å²) in [6, 6.07) is 3.77. The molecule has 11 N–H and O–H groups in total. The SMILES string of the molecule is C#C[C@]1(O)CC[C@H]2[C@@H]3CCc4cc(O)ccc4[C@H]3CC[C@@]21C.CC(=O)N[C@H]1[C@H]([C@H](O)[C@H](O)CO)OC(C(=O)O)=C[C@@H]1N=C(N)N. The van der Waals surface area contributed by atoms with Crippen molar-refractivity contribution in [2.45, 2.75) is 94.3 Å². The Balaban J connectivity index is 0.000000205. The number of benzene rings is 1. The van der Waals surface area contributed by atoms with E-state index in [1.165, 1.54) is 18.1 Å². The molecule has 0 saturated heterocycles. The third-order valence-corrected chi connectivity index (χ3v) is 10.2. The third-order valence-electron chi connectivity index (χ3n) is 10.2. The van der Waals surface area contributed by atoms with Crippen LogP contribution in [0.4, 0.5) is 0 Å². The molecule has 45 heavy (non-hydrogen) atoms. The molecular weight excluding hydrogens is 584 g/mol. The molecule has 13 nitrogen and oxygen atoms in total. The number of aliphatic hydroxyl groups is 4. The number of aliphatic imine (C=N–C) groups is 1. The smallest absolute Gasteiger partial charge is 0.370 e. The van der Waals surface area contributed by atoms with Crippen molar-refractivity contribution in [1.82, 2.24) is 5.32 Å². The summed E-state index contributed by atoms with van der Waals surface area (Å²) in [5.74, 6) is 1.92. The molecule has 4 aliphatic rings. The number of hydrogen-bond donors (Lipinski definition) is 9. The zero-order chi connectivity index (χ0) is 33.3. The van der Waals surface area contributed by atoms with Crippen LogP contribution in [0.15, 0.2) is 35.0 Å². The fourth-order valence-corrected chi connectivity index (χ4v) is 7.96. The fourth-order valence-electron chi connectivity index (χ4n) is 7.96. The summed E-state index contributed by atoms with van der Waals surface area (Å²) >= 11 is 0. The number of carboxylic acids is 1. The highest BCUT2D eigenvalue weighted by atomic mass is 16.5. The number of carbonyl (C=O) groups excluding carboxylic acids is 1. The van der Waals surface area contributed by atoms with Crippen molar-refractivity contribution in [3.8, 4) is 18.1 Å². The first-order chi connectivity index (χ1) is 21.1. The molecule has 1 amide bonds. The van der Waals surface area contributed by atoms with Crippen LogP contribution in [0.3, 0.4) is 0 Å². The lowest BCUT2D eigenvalue weighted by Crippen LogP contribution is -2.59. The molecule has 246 valence electrons. The molecule has 1 aliphatic heterocycles. The van der Waals surface area contributed by atoms with Crippen molar-refractivity contribution >= 4 is 17.8 Å². The molecule has 0 radical (unpaired) electrons. The summed E-state index contributed by atoms with van der Waals surface area (Å²) in [5.41, 5.74) is 12.3. The predicted octanol–water partition coefficient (Wildman–Crippen LogP) is -0.173.